The second-order valence-corrected chi connectivity index (χ2v) is 6.01. The first-order chi connectivity index (χ1) is 11.1. The summed E-state index contributed by atoms with van der Waals surface area (Å²) >= 11 is 0. The van der Waals surface area contributed by atoms with Crippen LogP contribution in [0.1, 0.15) is 50.4 Å². The first-order valence-corrected chi connectivity index (χ1v) is 7.82. The van der Waals surface area contributed by atoms with Gasteiger partial charge in [-0.1, -0.05) is 36.2 Å². The second kappa shape index (κ2) is 6.37. The standard InChI is InChI=1S/C16H21N5O2/c1-11(18-15(22)19-12-7-3-2-4-8-12)13-20-14(21-23-13)16(17)9-5-6-10-16/h2-4,7-8,11H,5-6,9-10,17H2,1H3,(H2,18,19,22). The van der Waals surface area contributed by atoms with E-state index in [-0.39, 0.29) is 6.03 Å². The Balaban J connectivity index is 1.61. The largest absolute Gasteiger partial charge is 0.337 e. The van der Waals surface area contributed by atoms with Crippen molar-refractivity contribution in [2.75, 3.05) is 5.32 Å². The monoisotopic (exact) mass is 315 g/mol. The van der Waals surface area contributed by atoms with Gasteiger partial charge >= 0.3 is 6.03 Å². The number of carbonyl (C=O) groups is 1. The molecule has 1 aromatic carbocycles. The number of aromatic nitrogens is 2. The van der Waals surface area contributed by atoms with E-state index in [1.807, 2.05) is 30.3 Å². The van der Waals surface area contributed by atoms with Crippen LogP contribution in [-0.2, 0) is 5.54 Å². The summed E-state index contributed by atoms with van der Waals surface area (Å²) in [5, 5.41) is 9.52. The number of nitrogens with two attached hydrogens (primary N) is 1. The summed E-state index contributed by atoms with van der Waals surface area (Å²) in [6.07, 6.45) is 3.88. The summed E-state index contributed by atoms with van der Waals surface area (Å²) < 4.78 is 5.27. The van der Waals surface area contributed by atoms with E-state index in [0.29, 0.717) is 11.7 Å². The fourth-order valence-corrected chi connectivity index (χ4v) is 2.79. The maximum absolute atomic E-state index is 12.0. The molecule has 7 heteroatoms. The van der Waals surface area contributed by atoms with Crippen LogP contribution in [0.3, 0.4) is 0 Å². The molecule has 2 aromatic rings. The third kappa shape index (κ3) is 3.50. The molecule has 0 bridgehead atoms. The van der Waals surface area contributed by atoms with Crippen molar-refractivity contribution < 1.29 is 9.32 Å². The molecule has 4 N–H and O–H groups in total. The Morgan fingerprint density at radius 2 is 2.00 bits per heavy atom. The molecule has 0 radical (unpaired) electrons. The number of benzene rings is 1. The summed E-state index contributed by atoms with van der Waals surface area (Å²) in [5.41, 5.74) is 6.54. The molecule has 1 heterocycles. The highest BCUT2D eigenvalue weighted by Crippen LogP contribution is 2.34. The number of amides is 2. The van der Waals surface area contributed by atoms with Crippen molar-refractivity contribution in [2.24, 2.45) is 5.73 Å². The molecule has 122 valence electrons. The second-order valence-electron chi connectivity index (χ2n) is 6.01. The molecule has 3 rings (SSSR count). The van der Waals surface area contributed by atoms with E-state index >= 15 is 0 Å². The smallest absolute Gasteiger partial charge is 0.319 e. The number of nitrogens with one attached hydrogen (secondary N) is 2. The Morgan fingerprint density at radius 1 is 1.30 bits per heavy atom. The zero-order chi connectivity index (χ0) is 16.3. The normalized spacial score (nSPS) is 17.7. The molecule has 1 saturated carbocycles. The van der Waals surface area contributed by atoms with Crippen molar-refractivity contribution >= 4 is 11.7 Å². The third-order valence-corrected chi connectivity index (χ3v) is 4.13. The molecule has 0 aliphatic heterocycles. The minimum absolute atomic E-state index is 0.327. The van der Waals surface area contributed by atoms with Gasteiger partial charge in [-0.15, -0.1) is 0 Å². The fraction of sp³-hybridized carbons (Fsp3) is 0.438. The van der Waals surface area contributed by atoms with Gasteiger partial charge in [-0.05, 0) is 31.9 Å². The van der Waals surface area contributed by atoms with Crippen LogP contribution in [0.15, 0.2) is 34.9 Å². The lowest BCUT2D eigenvalue weighted by atomic mass is 9.99. The van der Waals surface area contributed by atoms with Crippen LogP contribution in [0.4, 0.5) is 10.5 Å². The molecule has 7 nitrogen and oxygen atoms in total. The van der Waals surface area contributed by atoms with Crippen molar-refractivity contribution in [3.8, 4) is 0 Å². The molecule has 2 amide bonds. The lowest BCUT2D eigenvalue weighted by Crippen LogP contribution is -2.35. The van der Waals surface area contributed by atoms with Crippen LogP contribution >= 0.6 is 0 Å². The lowest BCUT2D eigenvalue weighted by Gasteiger charge is -2.17. The van der Waals surface area contributed by atoms with Gasteiger partial charge in [0.15, 0.2) is 5.82 Å². The number of rotatable bonds is 4. The maximum atomic E-state index is 12.0. The van der Waals surface area contributed by atoms with Gasteiger partial charge in [0.1, 0.15) is 6.04 Å². The fourth-order valence-electron chi connectivity index (χ4n) is 2.79. The van der Waals surface area contributed by atoms with Gasteiger partial charge < -0.3 is 20.9 Å². The minimum Gasteiger partial charge on any atom is -0.337 e. The number of anilines is 1. The number of carbonyl (C=O) groups excluding carboxylic acids is 1. The summed E-state index contributed by atoms with van der Waals surface area (Å²) in [4.78, 5) is 16.4. The van der Waals surface area contributed by atoms with Crippen LogP contribution < -0.4 is 16.4 Å². The Morgan fingerprint density at radius 3 is 2.70 bits per heavy atom. The Hall–Kier alpha value is -2.41. The average molecular weight is 315 g/mol. The molecule has 1 aromatic heterocycles. The van der Waals surface area contributed by atoms with Crippen LogP contribution in [0, 0.1) is 0 Å². The van der Waals surface area contributed by atoms with Crippen LogP contribution in [-0.4, -0.2) is 16.2 Å². The zero-order valence-electron chi connectivity index (χ0n) is 13.1. The van der Waals surface area contributed by atoms with E-state index in [4.69, 9.17) is 10.3 Å². The number of hydrogen-bond acceptors (Lipinski definition) is 5. The minimum atomic E-state index is -0.492. The van der Waals surface area contributed by atoms with Crippen molar-refractivity contribution in [3.05, 3.63) is 42.0 Å². The predicted molar refractivity (Wildman–Crippen MR) is 85.6 cm³/mol. The van der Waals surface area contributed by atoms with Gasteiger partial charge in [0.25, 0.3) is 0 Å². The molecule has 23 heavy (non-hydrogen) atoms. The highest BCUT2D eigenvalue weighted by Gasteiger charge is 2.36. The lowest BCUT2D eigenvalue weighted by molar-refractivity contribution is 0.245. The summed E-state index contributed by atoms with van der Waals surface area (Å²) in [6.45, 7) is 1.79. The number of para-hydroxylation sites is 1. The van der Waals surface area contributed by atoms with E-state index in [9.17, 15) is 4.79 Å². The Kier molecular flexibility index (Phi) is 4.29. The predicted octanol–water partition coefficient (Wildman–Crippen LogP) is 2.68. The average Bonchev–Trinajstić information content (AvgIpc) is 3.18. The van der Waals surface area contributed by atoms with Gasteiger partial charge in [0.05, 0.1) is 5.54 Å². The van der Waals surface area contributed by atoms with Crippen LogP contribution in [0.2, 0.25) is 0 Å². The SMILES string of the molecule is CC(NC(=O)Nc1ccccc1)c1nc(C2(N)CCCC2)no1. The third-order valence-electron chi connectivity index (χ3n) is 4.13. The van der Waals surface area contributed by atoms with Crippen molar-refractivity contribution in [3.63, 3.8) is 0 Å². The van der Waals surface area contributed by atoms with Gasteiger partial charge in [-0.3, -0.25) is 0 Å². The van der Waals surface area contributed by atoms with E-state index in [2.05, 4.69) is 20.8 Å². The quantitative estimate of drug-likeness (QED) is 0.804. The first-order valence-electron chi connectivity index (χ1n) is 7.82. The van der Waals surface area contributed by atoms with Crippen LogP contribution in [0.5, 0.6) is 0 Å². The first kappa shape index (κ1) is 15.5. The van der Waals surface area contributed by atoms with Crippen LogP contribution in [0.25, 0.3) is 0 Å². The highest BCUT2D eigenvalue weighted by atomic mass is 16.5. The Bertz CT molecular complexity index is 664. The van der Waals surface area contributed by atoms with Crippen molar-refractivity contribution in [1.29, 1.82) is 0 Å². The zero-order valence-corrected chi connectivity index (χ0v) is 13.1. The highest BCUT2D eigenvalue weighted by molar-refractivity contribution is 5.89. The number of nitrogens with zero attached hydrogens (tertiary/aromatic N) is 2. The number of urea groups is 1. The van der Waals surface area contributed by atoms with Crippen molar-refractivity contribution in [2.45, 2.75) is 44.2 Å². The van der Waals surface area contributed by atoms with Gasteiger partial charge in [0, 0.05) is 5.69 Å². The van der Waals surface area contributed by atoms with Crippen molar-refractivity contribution in [1.82, 2.24) is 15.5 Å². The van der Waals surface area contributed by atoms with E-state index in [0.717, 1.165) is 31.4 Å². The van der Waals surface area contributed by atoms with Gasteiger partial charge in [0.2, 0.25) is 5.89 Å². The molecule has 1 atom stereocenters. The summed E-state index contributed by atoms with van der Waals surface area (Å²) in [5.74, 6) is 0.891. The van der Waals surface area contributed by atoms with E-state index in [1.54, 1.807) is 6.92 Å². The Labute approximate surface area is 134 Å². The van der Waals surface area contributed by atoms with Gasteiger partial charge in [-0.25, -0.2) is 4.79 Å². The molecule has 0 spiro atoms. The topological polar surface area (TPSA) is 106 Å². The molecule has 1 unspecified atom stereocenters. The molecular weight excluding hydrogens is 294 g/mol. The molecular formula is C16H21N5O2. The maximum Gasteiger partial charge on any atom is 0.319 e. The number of hydrogen-bond donors (Lipinski definition) is 3. The van der Waals surface area contributed by atoms with E-state index in [1.165, 1.54) is 0 Å². The van der Waals surface area contributed by atoms with Gasteiger partial charge in [-0.2, -0.15) is 4.98 Å². The molecule has 1 aliphatic carbocycles. The molecule has 0 saturated heterocycles. The van der Waals surface area contributed by atoms with E-state index < -0.39 is 11.6 Å². The molecule has 1 fully saturated rings. The summed E-state index contributed by atoms with van der Waals surface area (Å²) in [6, 6.07) is 8.49. The summed E-state index contributed by atoms with van der Waals surface area (Å²) in [7, 11) is 0. The molecule has 1 aliphatic rings.